The third-order valence-corrected chi connectivity index (χ3v) is 3.98. The van der Waals surface area contributed by atoms with Crippen molar-refractivity contribution in [2.75, 3.05) is 32.1 Å². The van der Waals surface area contributed by atoms with Crippen molar-refractivity contribution in [3.05, 3.63) is 47.9 Å². The number of likely N-dealkylation sites (tertiary alicyclic amines) is 1. The molecule has 116 valence electrons. The van der Waals surface area contributed by atoms with Crippen LogP contribution in [0.4, 0.5) is 5.82 Å². The van der Waals surface area contributed by atoms with Gasteiger partial charge in [-0.2, -0.15) is 0 Å². The summed E-state index contributed by atoms with van der Waals surface area (Å²) in [6.07, 6.45) is 1.14. The van der Waals surface area contributed by atoms with Crippen LogP contribution in [0.15, 0.2) is 36.4 Å². The van der Waals surface area contributed by atoms with E-state index in [9.17, 15) is 0 Å². The van der Waals surface area contributed by atoms with Gasteiger partial charge in [0.15, 0.2) is 0 Å². The average Bonchev–Trinajstić information content (AvgIpc) is 2.51. The second-order valence-corrected chi connectivity index (χ2v) is 5.48. The maximum Gasteiger partial charge on any atom is 0.129 e. The van der Waals surface area contributed by atoms with Crippen LogP contribution in [0.25, 0.3) is 0 Å². The summed E-state index contributed by atoms with van der Waals surface area (Å²) in [5, 5.41) is 3.10. The topological polar surface area (TPSA) is 50.3 Å². The smallest absolute Gasteiger partial charge is 0.129 e. The van der Waals surface area contributed by atoms with Crippen molar-refractivity contribution in [3.63, 3.8) is 0 Å². The van der Waals surface area contributed by atoms with Gasteiger partial charge in [0.05, 0.1) is 11.7 Å². The maximum atomic E-state index is 5.78. The number of ether oxygens (including phenoxy) is 1. The first-order valence-electron chi connectivity index (χ1n) is 7.71. The SMILES string of the molecule is CNc1cc([C@H]2CCN2CCOc2ccccc2)nc(C)n1. The lowest BCUT2D eigenvalue weighted by molar-refractivity contribution is 0.0698. The third kappa shape index (κ3) is 3.36. The lowest BCUT2D eigenvalue weighted by atomic mass is 9.99. The van der Waals surface area contributed by atoms with Crippen LogP contribution in [0.3, 0.4) is 0 Å². The Bertz CT molecular complexity index is 617. The number of rotatable bonds is 6. The number of aryl methyl sites for hydroxylation is 1. The number of hydrogen-bond acceptors (Lipinski definition) is 5. The minimum atomic E-state index is 0.383. The van der Waals surface area contributed by atoms with Crippen LogP contribution in [0.5, 0.6) is 5.75 Å². The van der Waals surface area contributed by atoms with Crippen molar-refractivity contribution < 1.29 is 4.74 Å². The highest BCUT2D eigenvalue weighted by atomic mass is 16.5. The van der Waals surface area contributed by atoms with Gasteiger partial charge in [0.25, 0.3) is 0 Å². The second-order valence-electron chi connectivity index (χ2n) is 5.48. The molecule has 1 fully saturated rings. The highest BCUT2D eigenvalue weighted by Gasteiger charge is 2.30. The van der Waals surface area contributed by atoms with Gasteiger partial charge in [0.2, 0.25) is 0 Å². The van der Waals surface area contributed by atoms with Gasteiger partial charge < -0.3 is 10.1 Å². The molecular formula is C17H22N4O. The van der Waals surface area contributed by atoms with E-state index in [2.05, 4.69) is 20.2 Å². The van der Waals surface area contributed by atoms with Crippen molar-refractivity contribution in [2.24, 2.45) is 0 Å². The van der Waals surface area contributed by atoms with Gasteiger partial charge in [-0.1, -0.05) is 18.2 Å². The maximum absolute atomic E-state index is 5.78. The summed E-state index contributed by atoms with van der Waals surface area (Å²) in [4.78, 5) is 11.3. The Morgan fingerprint density at radius 3 is 2.77 bits per heavy atom. The van der Waals surface area contributed by atoms with E-state index in [1.807, 2.05) is 50.4 Å². The molecule has 1 saturated heterocycles. The van der Waals surface area contributed by atoms with E-state index in [4.69, 9.17) is 4.74 Å². The van der Waals surface area contributed by atoms with E-state index in [-0.39, 0.29) is 0 Å². The van der Waals surface area contributed by atoms with E-state index in [0.29, 0.717) is 12.6 Å². The standard InChI is InChI=1S/C17H22N4O/c1-13-19-15(12-17(18-2)20-13)16-8-9-21(16)10-11-22-14-6-4-3-5-7-14/h3-7,12,16H,8-11H2,1-2H3,(H,18,19,20)/t16-/m1/s1. The Balaban J connectivity index is 1.56. The lowest BCUT2D eigenvalue weighted by Crippen LogP contribution is -2.43. The third-order valence-electron chi connectivity index (χ3n) is 3.98. The molecule has 0 saturated carbocycles. The quantitative estimate of drug-likeness (QED) is 0.888. The molecule has 0 radical (unpaired) electrons. The Hall–Kier alpha value is -2.14. The van der Waals surface area contributed by atoms with E-state index >= 15 is 0 Å². The fourth-order valence-corrected chi connectivity index (χ4v) is 2.73. The highest BCUT2D eigenvalue weighted by molar-refractivity contribution is 5.36. The van der Waals surface area contributed by atoms with Crippen LogP contribution in [0.1, 0.15) is 24.0 Å². The minimum absolute atomic E-state index is 0.383. The molecule has 5 heteroatoms. The fourth-order valence-electron chi connectivity index (χ4n) is 2.73. The summed E-state index contributed by atoms with van der Waals surface area (Å²) in [6, 6.07) is 12.4. The average molecular weight is 298 g/mol. The largest absolute Gasteiger partial charge is 0.492 e. The highest BCUT2D eigenvalue weighted by Crippen LogP contribution is 2.32. The number of nitrogens with one attached hydrogen (secondary N) is 1. The molecule has 1 aliphatic rings. The van der Waals surface area contributed by atoms with Crippen LogP contribution < -0.4 is 10.1 Å². The van der Waals surface area contributed by atoms with E-state index in [1.54, 1.807) is 0 Å². The first-order chi connectivity index (χ1) is 10.8. The number of aromatic nitrogens is 2. The zero-order chi connectivity index (χ0) is 15.4. The predicted molar refractivity (Wildman–Crippen MR) is 87.2 cm³/mol. The molecule has 2 heterocycles. The van der Waals surface area contributed by atoms with E-state index < -0.39 is 0 Å². The molecule has 0 unspecified atom stereocenters. The zero-order valence-corrected chi connectivity index (χ0v) is 13.1. The molecule has 5 nitrogen and oxygen atoms in total. The van der Waals surface area contributed by atoms with Crippen LogP contribution in [0.2, 0.25) is 0 Å². The fraction of sp³-hybridized carbons (Fsp3) is 0.412. The Labute approximate surface area is 131 Å². The van der Waals surface area contributed by atoms with E-state index in [1.165, 1.54) is 0 Å². The molecule has 1 atom stereocenters. The summed E-state index contributed by atoms with van der Waals surface area (Å²) in [7, 11) is 1.89. The number of nitrogens with zero attached hydrogens (tertiary/aromatic N) is 3. The summed E-state index contributed by atoms with van der Waals surface area (Å²) in [6.45, 7) is 4.65. The molecule has 0 aliphatic carbocycles. The molecule has 0 amide bonds. The molecule has 1 aromatic carbocycles. The van der Waals surface area contributed by atoms with Gasteiger partial charge in [-0.15, -0.1) is 0 Å². The molecular weight excluding hydrogens is 276 g/mol. The van der Waals surface area contributed by atoms with Gasteiger partial charge in [0, 0.05) is 26.2 Å². The Morgan fingerprint density at radius 1 is 1.27 bits per heavy atom. The first-order valence-corrected chi connectivity index (χ1v) is 7.71. The van der Waals surface area contributed by atoms with Crippen LogP contribution in [0, 0.1) is 6.92 Å². The predicted octanol–water partition coefficient (Wildman–Crippen LogP) is 2.65. The Morgan fingerprint density at radius 2 is 2.09 bits per heavy atom. The van der Waals surface area contributed by atoms with E-state index in [0.717, 1.165) is 42.6 Å². The number of para-hydroxylation sites is 1. The number of anilines is 1. The van der Waals surface area contributed by atoms with Gasteiger partial charge >= 0.3 is 0 Å². The molecule has 0 spiro atoms. The summed E-state index contributed by atoms with van der Waals surface area (Å²) >= 11 is 0. The van der Waals surface area contributed by atoms with Crippen LogP contribution in [-0.2, 0) is 0 Å². The molecule has 3 rings (SSSR count). The van der Waals surface area contributed by atoms with Crippen molar-refractivity contribution >= 4 is 5.82 Å². The second kappa shape index (κ2) is 6.75. The minimum Gasteiger partial charge on any atom is -0.492 e. The van der Waals surface area contributed by atoms with Crippen molar-refractivity contribution in [2.45, 2.75) is 19.4 Å². The molecule has 1 aromatic heterocycles. The summed E-state index contributed by atoms with van der Waals surface area (Å²) < 4.78 is 5.78. The molecule has 2 aromatic rings. The Kier molecular flexibility index (Phi) is 4.53. The lowest BCUT2D eigenvalue weighted by Gasteiger charge is -2.40. The van der Waals surface area contributed by atoms with Crippen LogP contribution in [-0.4, -0.2) is 41.6 Å². The molecule has 22 heavy (non-hydrogen) atoms. The number of hydrogen-bond donors (Lipinski definition) is 1. The van der Waals surface area contributed by atoms with Crippen molar-refractivity contribution in [3.8, 4) is 5.75 Å². The van der Waals surface area contributed by atoms with Crippen molar-refractivity contribution in [1.82, 2.24) is 14.9 Å². The number of benzene rings is 1. The molecule has 1 N–H and O–H groups in total. The summed E-state index contributed by atoms with van der Waals surface area (Å²) in [5.74, 6) is 2.62. The van der Waals surface area contributed by atoms with Gasteiger partial charge in [-0.25, -0.2) is 9.97 Å². The molecule has 0 bridgehead atoms. The summed E-state index contributed by atoms with van der Waals surface area (Å²) in [5.41, 5.74) is 1.10. The van der Waals surface area contributed by atoms with Crippen LogP contribution >= 0.6 is 0 Å². The van der Waals surface area contributed by atoms with Gasteiger partial charge in [0.1, 0.15) is 24.0 Å². The van der Waals surface area contributed by atoms with Crippen molar-refractivity contribution in [1.29, 1.82) is 0 Å². The van der Waals surface area contributed by atoms with Gasteiger partial charge in [-0.05, 0) is 25.5 Å². The zero-order valence-electron chi connectivity index (χ0n) is 13.1. The monoisotopic (exact) mass is 298 g/mol. The van der Waals surface area contributed by atoms with Gasteiger partial charge in [-0.3, -0.25) is 4.90 Å². The first kappa shape index (κ1) is 14.8. The normalized spacial score (nSPS) is 17.8. The molecule has 1 aliphatic heterocycles.